The summed E-state index contributed by atoms with van der Waals surface area (Å²) < 4.78 is 11.3. The molecule has 0 amide bonds. The molecular formula is C19H23LiO3P. The number of benzene rings is 2. The van der Waals surface area contributed by atoms with Crippen molar-refractivity contribution in [3.05, 3.63) is 59.2 Å². The SMILES string of the molecule is CCOc1ccc(P(OCC)C(=O)c2c(C)cccc2C)cc1.[Li]. The molecule has 24 heavy (non-hydrogen) atoms. The Morgan fingerprint density at radius 3 is 2.04 bits per heavy atom. The minimum Gasteiger partial charge on any atom is -0.494 e. The Bertz CT molecular complexity index is 651. The van der Waals surface area contributed by atoms with Crippen LogP contribution in [0.1, 0.15) is 35.3 Å². The van der Waals surface area contributed by atoms with Crippen molar-refractivity contribution in [2.75, 3.05) is 13.2 Å². The van der Waals surface area contributed by atoms with E-state index in [-0.39, 0.29) is 24.4 Å². The molecule has 0 spiro atoms. The molecule has 2 aromatic carbocycles. The first-order chi connectivity index (χ1) is 11.1. The Labute approximate surface area is 157 Å². The molecule has 0 saturated carbocycles. The van der Waals surface area contributed by atoms with E-state index in [0.29, 0.717) is 13.2 Å². The van der Waals surface area contributed by atoms with E-state index < -0.39 is 8.15 Å². The summed E-state index contributed by atoms with van der Waals surface area (Å²) in [6.07, 6.45) is 0. The summed E-state index contributed by atoms with van der Waals surface area (Å²) in [5, 5.41) is 0.915. The van der Waals surface area contributed by atoms with Gasteiger partial charge in [0, 0.05) is 36.3 Å². The second-order valence-electron chi connectivity index (χ2n) is 5.21. The number of hydrogen-bond donors (Lipinski definition) is 0. The van der Waals surface area contributed by atoms with Crippen molar-refractivity contribution in [2.45, 2.75) is 27.7 Å². The van der Waals surface area contributed by atoms with Gasteiger partial charge in [0.2, 0.25) is 5.52 Å². The topological polar surface area (TPSA) is 35.5 Å². The molecule has 0 saturated heterocycles. The molecule has 0 aliphatic rings. The van der Waals surface area contributed by atoms with E-state index in [0.717, 1.165) is 27.7 Å². The van der Waals surface area contributed by atoms with Gasteiger partial charge >= 0.3 is 0 Å². The second-order valence-corrected chi connectivity index (χ2v) is 6.98. The van der Waals surface area contributed by atoms with Crippen LogP contribution in [0.5, 0.6) is 5.75 Å². The third-order valence-corrected chi connectivity index (χ3v) is 5.40. The summed E-state index contributed by atoms with van der Waals surface area (Å²) in [6, 6.07) is 13.6. The van der Waals surface area contributed by atoms with Gasteiger partial charge in [-0.3, -0.25) is 4.79 Å². The van der Waals surface area contributed by atoms with Crippen molar-refractivity contribution in [3.8, 4) is 5.75 Å². The zero-order valence-electron chi connectivity index (χ0n) is 15.1. The van der Waals surface area contributed by atoms with Gasteiger partial charge in [-0.15, -0.1) is 0 Å². The Balaban J connectivity index is 0.00000288. The number of aryl methyl sites for hydroxylation is 2. The summed E-state index contributed by atoms with van der Waals surface area (Å²) in [6.45, 7) is 8.94. The first kappa shape index (κ1) is 20.9. The molecular weight excluding hydrogens is 314 g/mol. The van der Waals surface area contributed by atoms with Crippen molar-refractivity contribution in [3.63, 3.8) is 0 Å². The summed E-state index contributed by atoms with van der Waals surface area (Å²) >= 11 is 0. The Hall–Kier alpha value is -1.10. The van der Waals surface area contributed by atoms with Crippen molar-refractivity contribution >= 4 is 37.8 Å². The quantitative estimate of drug-likeness (QED) is 0.560. The maximum absolute atomic E-state index is 13.1. The molecule has 0 aliphatic carbocycles. The van der Waals surface area contributed by atoms with Crippen molar-refractivity contribution in [2.24, 2.45) is 0 Å². The summed E-state index contributed by atoms with van der Waals surface area (Å²) in [4.78, 5) is 13.1. The average Bonchev–Trinajstić information content (AvgIpc) is 2.53. The molecule has 123 valence electrons. The molecule has 0 fully saturated rings. The van der Waals surface area contributed by atoms with Crippen LogP contribution in [0.2, 0.25) is 0 Å². The fraction of sp³-hybridized carbons (Fsp3) is 0.316. The number of carbonyl (C=O) groups is 1. The van der Waals surface area contributed by atoms with E-state index >= 15 is 0 Å². The molecule has 1 atom stereocenters. The van der Waals surface area contributed by atoms with Gasteiger partial charge in [-0.25, -0.2) is 0 Å². The normalized spacial score (nSPS) is 11.5. The van der Waals surface area contributed by atoms with Crippen LogP contribution in [0.25, 0.3) is 0 Å². The number of hydrogen-bond acceptors (Lipinski definition) is 3. The molecule has 3 nitrogen and oxygen atoms in total. The fourth-order valence-electron chi connectivity index (χ4n) is 2.48. The zero-order valence-corrected chi connectivity index (χ0v) is 16.0. The number of ether oxygens (including phenoxy) is 1. The Kier molecular flexibility index (Phi) is 8.74. The van der Waals surface area contributed by atoms with E-state index in [1.165, 1.54) is 0 Å². The van der Waals surface area contributed by atoms with Crippen LogP contribution < -0.4 is 10.0 Å². The Morgan fingerprint density at radius 1 is 0.958 bits per heavy atom. The van der Waals surface area contributed by atoms with Crippen LogP contribution in [-0.2, 0) is 4.52 Å². The number of carbonyl (C=O) groups excluding carboxylic acids is 1. The molecule has 1 radical (unpaired) electrons. The van der Waals surface area contributed by atoms with Gasteiger partial charge in [-0.2, -0.15) is 0 Å². The molecule has 0 aliphatic heterocycles. The molecule has 5 heteroatoms. The van der Waals surface area contributed by atoms with E-state index in [1.54, 1.807) is 0 Å². The number of rotatable bonds is 7. The second kappa shape index (κ2) is 10.0. The molecule has 0 bridgehead atoms. The van der Waals surface area contributed by atoms with E-state index in [2.05, 4.69) is 0 Å². The van der Waals surface area contributed by atoms with Crippen LogP contribution >= 0.6 is 8.15 Å². The van der Waals surface area contributed by atoms with Gasteiger partial charge in [0.15, 0.2) is 0 Å². The van der Waals surface area contributed by atoms with E-state index in [1.807, 2.05) is 70.2 Å². The van der Waals surface area contributed by atoms with Gasteiger partial charge in [0.25, 0.3) is 0 Å². The van der Waals surface area contributed by atoms with Gasteiger partial charge < -0.3 is 9.26 Å². The minimum absolute atomic E-state index is 0. The maximum atomic E-state index is 13.1. The first-order valence-corrected chi connectivity index (χ1v) is 9.10. The minimum atomic E-state index is -1.34. The van der Waals surface area contributed by atoms with E-state index in [4.69, 9.17) is 9.26 Å². The summed E-state index contributed by atoms with van der Waals surface area (Å²) in [5.74, 6) is 0.808. The smallest absolute Gasteiger partial charge is 0.216 e. The molecule has 2 rings (SSSR count). The van der Waals surface area contributed by atoms with Gasteiger partial charge in [0.1, 0.15) is 13.9 Å². The molecule has 1 unspecified atom stereocenters. The van der Waals surface area contributed by atoms with Crippen molar-refractivity contribution in [1.29, 1.82) is 0 Å². The first-order valence-electron chi connectivity index (χ1n) is 7.84. The third-order valence-electron chi connectivity index (χ3n) is 3.52. The monoisotopic (exact) mass is 337 g/mol. The summed E-state index contributed by atoms with van der Waals surface area (Å²) in [7, 11) is -1.34. The van der Waals surface area contributed by atoms with Gasteiger partial charge in [-0.05, 0) is 63.1 Å². The van der Waals surface area contributed by atoms with Gasteiger partial charge in [-0.1, -0.05) is 18.2 Å². The van der Waals surface area contributed by atoms with Crippen LogP contribution in [0, 0.1) is 13.8 Å². The fourth-order valence-corrected chi connectivity index (χ4v) is 4.21. The largest absolute Gasteiger partial charge is 0.494 e. The van der Waals surface area contributed by atoms with Crippen LogP contribution in [-0.4, -0.2) is 37.6 Å². The molecule has 0 aromatic heterocycles. The van der Waals surface area contributed by atoms with Crippen LogP contribution in [0.4, 0.5) is 0 Å². The molecule has 2 aromatic rings. The summed E-state index contributed by atoms with van der Waals surface area (Å²) in [5.41, 5.74) is 2.84. The molecule has 0 heterocycles. The standard InChI is InChI=1S/C19H23O3P.Li/c1-5-21-16-10-12-17(13-11-16)23(22-6-2)19(20)18-14(3)8-7-9-15(18)4;/h7-13H,5-6H2,1-4H3;. The maximum Gasteiger partial charge on any atom is 0.216 e. The van der Waals surface area contributed by atoms with Crippen molar-refractivity contribution in [1.82, 2.24) is 0 Å². The van der Waals surface area contributed by atoms with Crippen molar-refractivity contribution < 1.29 is 14.1 Å². The van der Waals surface area contributed by atoms with Crippen LogP contribution in [0.3, 0.4) is 0 Å². The zero-order chi connectivity index (χ0) is 16.8. The van der Waals surface area contributed by atoms with Gasteiger partial charge in [0.05, 0.1) is 6.61 Å². The molecule has 0 N–H and O–H groups in total. The predicted octanol–water partition coefficient (Wildman–Crippen LogP) is 4.22. The van der Waals surface area contributed by atoms with E-state index in [9.17, 15) is 4.79 Å². The van der Waals surface area contributed by atoms with Crippen LogP contribution in [0.15, 0.2) is 42.5 Å². The average molecular weight is 337 g/mol. The predicted molar refractivity (Wildman–Crippen MR) is 102 cm³/mol. The third kappa shape index (κ3) is 4.95. The Morgan fingerprint density at radius 2 is 1.54 bits per heavy atom.